The third-order valence-electron chi connectivity index (χ3n) is 5.96. The summed E-state index contributed by atoms with van der Waals surface area (Å²) in [6.45, 7) is 7.19. The van der Waals surface area contributed by atoms with Crippen molar-refractivity contribution in [2.75, 3.05) is 129 Å². The SMILES string of the molecule is OCCOCCOCCOCCOC1CSC2=C(SC1)SC(=C1SC3=C(SCC(OCCOCCOCCOCCO)CS3)S1)S2. The Balaban J connectivity index is 1.02. The van der Waals surface area contributed by atoms with Gasteiger partial charge in [0.2, 0.25) is 0 Å². The Labute approximate surface area is 306 Å². The number of ether oxygens (including phenoxy) is 8. The van der Waals surface area contributed by atoms with Crippen molar-refractivity contribution >= 4 is 94.1 Å². The number of hydrogen-bond acceptors (Lipinski definition) is 18. The quantitative estimate of drug-likeness (QED) is 0.126. The molecule has 2 N–H and O–H groups in total. The molecule has 0 atom stereocenters. The molecule has 0 saturated heterocycles. The molecule has 264 valence electrons. The van der Waals surface area contributed by atoms with Crippen LogP contribution < -0.4 is 0 Å². The van der Waals surface area contributed by atoms with E-state index >= 15 is 0 Å². The molecule has 0 aliphatic carbocycles. The molecule has 0 unspecified atom stereocenters. The van der Waals surface area contributed by atoms with Crippen molar-refractivity contribution in [3.05, 3.63) is 25.4 Å². The van der Waals surface area contributed by atoms with Crippen molar-refractivity contribution in [1.29, 1.82) is 0 Å². The van der Waals surface area contributed by atoms with Crippen LogP contribution in [-0.4, -0.2) is 151 Å². The Morgan fingerprint density at radius 3 is 0.913 bits per heavy atom. The number of rotatable bonds is 24. The fraction of sp³-hybridized carbons (Fsp3) is 0.786. The van der Waals surface area contributed by atoms with Gasteiger partial charge in [0.05, 0.1) is 143 Å². The van der Waals surface area contributed by atoms with Crippen LogP contribution in [0.1, 0.15) is 0 Å². The zero-order valence-corrected chi connectivity index (χ0v) is 32.3. The molecule has 0 fully saturated rings. The Morgan fingerprint density at radius 2 is 0.630 bits per heavy atom. The molecular formula is C28H44O10S8. The molecule has 18 heteroatoms. The second-order valence-corrected chi connectivity index (χ2v) is 19.2. The van der Waals surface area contributed by atoms with Gasteiger partial charge >= 0.3 is 0 Å². The van der Waals surface area contributed by atoms with Crippen molar-refractivity contribution in [3.8, 4) is 0 Å². The standard InChI is InChI=1S/C28H44O10S8/c29-1-3-31-5-7-33-9-11-35-13-15-37-21-17-39-23-24(40-18-21)44-27(43-23)28-45-25-26(46-28)42-20-22(19-41-25)38-16-14-36-12-10-34-8-6-32-4-2-30/h21-22,29-30H,1-20H2. The Kier molecular flexibility index (Phi) is 22.4. The highest BCUT2D eigenvalue weighted by Crippen LogP contribution is 2.67. The first kappa shape index (κ1) is 40.4. The Bertz CT molecular complexity index is 855. The van der Waals surface area contributed by atoms with Gasteiger partial charge in [0.15, 0.2) is 0 Å². The third kappa shape index (κ3) is 15.9. The van der Waals surface area contributed by atoms with Gasteiger partial charge in [-0.3, -0.25) is 0 Å². The average molecular weight is 797 g/mol. The van der Waals surface area contributed by atoms with E-state index in [0.29, 0.717) is 92.5 Å². The highest BCUT2D eigenvalue weighted by molar-refractivity contribution is 8.45. The van der Waals surface area contributed by atoms with E-state index in [1.165, 1.54) is 25.4 Å². The molecule has 4 aliphatic rings. The molecule has 0 radical (unpaired) electrons. The molecule has 0 saturated carbocycles. The van der Waals surface area contributed by atoms with Gasteiger partial charge in [0.25, 0.3) is 0 Å². The minimum Gasteiger partial charge on any atom is -0.394 e. The van der Waals surface area contributed by atoms with E-state index in [0.717, 1.165) is 23.0 Å². The molecule has 0 aromatic carbocycles. The van der Waals surface area contributed by atoms with Gasteiger partial charge < -0.3 is 48.1 Å². The second-order valence-electron chi connectivity index (χ2n) is 9.48. The van der Waals surface area contributed by atoms with Gasteiger partial charge in [-0.2, -0.15) is 0 Å². The molecule has 0 aromatic rings. The van der Waals surface area contributed by atoms with Gasteiger partial charge in [0.1, 0.15) is 0 Å². The molecule has 0 amide bonds. The van der Waals surface area contributed by atoms with Crippen LogP contribution in [0, 0.1) is 0 Å². The normalized spacial score (nSPS) is 19.7. The summed E-state index contributed by atoms with van der Waals surface area (Å²) in [4.78, 5) is 0. The molecule has 0 bridgehead atoms. The van der Waals surface area contributed by atoms with E-state index < -0.39 is 0 Å². The molecule has 0 spiro atoms. The van der Waals surface area contributed by atoms with E-state index in [4.69, 9.17) is 48.1 Å². The highest BCUT2D eigenvalue weighted by Gasteiger charge is 2.34. The number of thioether (sulfide) groups is 8. The third-order valence-corrected chi connectivity index (χ3v) is 18.1. The van der Waals surface area contributed by atoms with E-state index in [1.807, 2.05) is 94.1 Å². The first-order valence-electron chi connectivity index (χ1n) is 15.1. The molecule has 10 nitrogen and oxygen atoms in total. The van der Waals surface area contributed by atoms with E-state index in [1.54, 1.807) is 0 Å². The summed E-state index contributed by atoms with van der Waals surface area (Å²) in [6.07, 6.45) is 0.429. The topological polar surface area (TPSA) is 114 Å². The monoisotopic (exact) mass is 796 g/mol. The van der Waals surface area contributed by atoms with E-state index in [2.05, 4.69) is 0 Å². The van der Waals surface area contributed by atoms with Crippen LogP contribution in [0.2, 0.25) is 0 Å². The number of aliphatic hydroxyl groups is 2. The Morgan fingerprint density at radius 1 is 0.370 bits per heavy atom. The van der Waals surface area contributed by atoms with Crippen LogP contribution in [0.5, 0.6) is 0 Å². The molecule has 0 aromatic heterocycles. The van der Waals surface area contributed by atoms with Gasteiger partial charge in [-0.15, -0.1) is 47.0 Å². The van der Waals surface area contributed by atoms with Gasteiger partial charge in [-0.05, 0) is 0 Å². The average Bonchev–Trinajstić information content (AvgIpc) is 3.56. The van der Waals surface area contributed by atoms with Gasteiger partial charge in [0, 0.05) is 23.0 Å². The molecule has 4 rings (SSSR count). The first-order chi connectivity index (χ1) is 22.8. The fourth-order valence-corrected chi connectivity index (χ4v) is 16.2. The van der Waals surface area contributed by atoms with Crippen LogP contribution in [0.25, 0.3) is 0 Å². The lowest BCUT2D eigenvalue weighted by Crippen LogP contribution is -2.21. The maximum absolute atomic E-state index is 8.67. The van der Waals surface area contributed by atoms with Crippen LogP contribution in [0.3, 0.4) is 0 Å². The second kappa shape index (κ2) is 25.6. The van der Waals surface area contributed by atoms with Crippen molar-refractivity contribution < 1.29 is 48.1 Å². The minimum atomic E-state index is 0.0357. The summed E-state index contributed by atoms with van der Waals surface area (Å²) in [5.74, 6) is 3.84. The van der Waals surface area contributed by atoms with Crippen LogP contribution in [-0.2, 0) is 37.9 Å². The van der Waals surface area contributed by atoms with Crippen molar-refractivity contribution in [2.45, 2.75) is 12.2 Å². The van der Waals surface area contributed by atoms with Crippen molar-refractivity contribution in [2.24, 2.45) is 0 Å². The smallest absolute Gasteiger partial charge is 0.0764 e. The van der Waals surface area contributed by atoms with Crippen LogP contribution in [0.4, 0.5) is 0 Å². The first-order valence-corrected chi connectivity index (χ1v) is 22.3. The highest BCUT2D eigenvalue weighted by atomic mass is 32.3. The molecular weight excluding hydrogens is 753 g/mol. The summed E-state index contributed by atoms with van der Waals surface area (Å²) in [5.41, 5.74) is 0. The van der Waals surface area contributed by atoms with Crippen LogP contribution in [0.15, 0.2) is 25.4 Å². The largest absolute Gasteiger partial charge is 0.394 e. The maximum atomic E-state index is 8.67. The summed E-state index contributed by atoms with van der Waals surface area (Å²) in [6, 6.07) is 0. The van der Waals surface area contributed by atoms with E-state index in [-0.39, 0.29) is 25.4 Å². The summed E-state index contributed by atoms with van der Waals surface area (Å²) in [7, 11) is 0. The van der Waals surface area contributed by atoms with Crippen molar-refractivity contribution in [1.82, 2.24) is 0 Å². The number of aliphatic hydroxyl groups excluding tert-OH is 2. The van der Waals surface area contributed by atoms with E-state index in [9.17, 15) is 0 Å². The fourth-order valence-electron chi connectivity index (χ4n) is 3.79. The lowest BCUT2D eigenvalue weighted by Gasteiger charge is -2.16. The summed E-state index contributed by atoms with van der Waals surface area (Å²) >= 11 is 15.4. The Hall–Kier alpha value is 1.62. The summed E-state index contributed by atoms with van der Waals surface area (Å²) in [5, 5.41) is 17.3. The van der Waals surface area contributed by atoms with Crippen molar-refractivity contribution in [3.63, 3.8) is 0 Å². The lowest BCUT2D eigenvalue weighted by atomic mass is 10.5. The summed E-state index contributed by atoms with van der Waals surface area (Å²) < 4.78 is 53.1. The predicted octanol–water partition coefficient (Wildman–Crippen LogP) is 5.14. The zero-order chi connectivity index (χ0) is 32.1. The minimum absolute atomic E-state index is 0.0357. The predicted molar refractivity (Wildman–Crippen MR) is 200 cm³/mol. The van der Waals surface area contributed by atoms with Gasteiger partial charge in [-0.25, -0.2) is 0 Å². The molecule has 46 heavy (non-hydrogen) atoms. The lowest BCUT2D eigenvalue weighted by molar-refractivity contribution is -0.0127. The number of hydrogen-bond donors (Lipinski definition) is 2. The molecule has 4 aliphatic heterocycles. The zero-order valence-electron chi connectivity index (χ0n) is 25.7. The maximum Gasteiger partial charge on any atom is 0.0764 e. The van der Waals surface area contributed by atoms with Crippen LogP contribution >= 0.6 is 94.1 Å². The molecule has 4 heterocycles. The van der Waals surface area contributed by atoms with Gasteiger partial charge in [-0.1, -0.05) is 47.0 Å².